The number of rotatable bonds is 5. The van der Waals surface area contributed by atoms with Gasteiger partial charge in [0.25, 0.3) is 0 Å². The minimum absolute atomic E-state index is 0.0295. The second kappa shape index (κ2) is 5.98. The molecule has 4 nitrogen and oxygen atoms in total. The Morgan fingerprint density at radius 3 is 2.79 bits per heavy atom. The molecule has 14 heavy (non-hydrogen) atoms. The third kappa shape index (κ3) is 3.64. The maximum Gasteiger partial charge on any atom is 0.220 e. The normalized spacial score (nSPS) is 26.4. The summed E-state index contributed by atoms with van der Waals surface area (Å²) in [5.41, 5.74) is 0. The maximum atomic E-state index is 11.2. The molecule has 1 amide bonds. The minimum atomic E-state index is -0.242. The summed E-state index contributed by atoms with van der Waals surface area (Å²) in [6, 6.07) is 0. The summed E-state index contributed by atoms with van der Waals surface area (Å²) in [4.78, 5) is 11.2. The molecule has 3 N–H and O–H groups in total. The highest BCUT2D eigenvalue weighted by atomic mass is 16.3. The van der Waals surface area contributed by atoms with Crippen LogP contribution in [0.2, 0.25) is 0 Å². The molecule has 2 unspecified atom stereocenters. The zero-order chi connectivity index (χ0) is 10.4. The molecule has 0 saturated heterocycles. The van der Waals surface area contributed by atoms with Crippen molar-refractivity contribution in [2.75, 3.05) is 13.2 Å². The first kappa shape index (κ1) is 11.5. The average molecular weight is 201 g/mol. The van der Waals surface area contributed by atoms with Crippen molar-refractivity contribution in [2.24, 2.45) is 5.92 Å². The highest BCUT2D eigenvalue weighted by Gasteiger charge is 2.25. The number of carbonyl (C=O) groups excluding carboxylic acids is 1. The third-order valence-electron chi connectivity index (χ3n) is 2.74. The fourth-order valence-corrected chi connectivity index (χ4v) is 1.83. The first-order valence-corrected chi connectivity index (χ1v) is 5.29. The van der Waals surface area contributed by atoms with E-state index in [2.05, 4.69) is 5.32 Å². The smallest absolute Gasteiger partial charge is 0.220 e. The van der Waals surface area contributed by atoms with Crippen LogP contribution >= 0.6 is 0 Å². The Morgan fingerprint density at radius 2 is 2.21 bits per heavy atom. The lowest BCUT2D eigenvalue weighted by Gasteiger charge is -2.14. The Kier molecular flexibility index (Phi) is 4.90. The van der Waals surface area contributed by atoms with Gasteiger partial charge in [0.1, 0.15) is 0 Å². The van der Waals surface area contributed by atoms with Crippen molar-refractivity contribution in [3.63, 3.8) is 0 Å². The van der Waals surface area contributed by atoms with E-state index in [-0.39, 0.29) is 24.5 Å². The van der Waals surface area contributed by atoms with Crippen LogP contribution in [0.1, 0.15) is 32.1 Å². The van der Waals surface area contributed by atoms with E-state index in [4.69, 9.17) is 5.11 Å². The van der Waals surface area contributed by atoms with Crippen molar-refractivity contribution in [3.8, 4) is 0 Å². The summed E-state index contributed by atoms with van der Waals surface area (Å²) in [6.45, 7) is 0.630. The van der Waals surface area contributed by atoms with Crippen LogP contribution in [-0.2, 0) is 4.79 Å². The van der Waals surface area contributed by atoms with Gasteiger partial charge < -0.3 is 15.5 Å². The summed E-state index contributed by atoms with van der Waals surface area (Å²) in [7, 11) is 0. The molecule has 0 radical (unpaired) electrons. The maximum absolute atomic E-state index is 11.2. The first-order valence-electron chi connectivity index (χ1n) is 5.29. The van der Waals surface area contributed by atoms with E-state index in [0.717, 1.165) is 19.3 Å². The van der Waals surface area contributed by atoms with Gasteiger partial charge in [-0.15, -0.1) is 0 Å². The van der Waals surface area contributed by atoms with Crippen molar-refractivity contribution < 1.29 is 15.0 Å². The second-order valence-electron chi connectivity index (χ2n) is 3.89. The number of amides is 1. The van der Waals surface area contributed by atoms with Crippen molar-refractivity contribution in [3.05, 3.63) is 0 Å². The van der Waals surface area contributed by atoms with Crippen LogP contribution in [0.5, 0.6) is 0 Å². The Bertz CT molecular complexity index is 184. The van der Waals surface area contributed by atoms with Gasteiger partial charge in [-0.2, -0.15) is 0 Å². The van der Waals surface area contributed by atoms with Crippen LogP contribution in [-0.4, -0.2) is 35.4 Å². The first-order chi connectivity index (χ1) is 6.74. The van der Waals surface area contributed by atoms with Gasteiger partial charge in [-0.25, -0.2) is 0 Å². The van der Waals surface area contributed by atoms with Crippen LogP contribution in [0.25, 0.3) is 0 Å². The third-order valence-corrected chi connectivity index (χ3v) is 2.74. The quantitative estimate of drug-likeness (QED) is 0.588. The molecular formula is C10H19NO3. The molecule has 0 aliphatic heterocycles. The molecular weight excluding hydrogens is 182 g/mol. The van der Waals surface area contributed by atoms with Crippen molar-refractivity contribution in [2.45, 2.75) is 38.2 Å². The highest BCUT2D eigenvalue weighted by Crippen LogP contribution is 2.24. The van der Waals surface area contributed by atoms with Gasteiger partial charge in [-0.3, -0.25) is 4.79 Å². The monoisotopic (exact) mass is 201 g/mol. The molecule has 0 heterocycles. The molecule has 0 aromatic rings. The topological polar surface area (TPSA) is 69.6 Å². The second-order valence-corrected chi connectivity index (χ2v) is 3.89. The summed E-state index contributed by atoms with van der Waals surface area (Å²) in [5.74, 6) is 0.200. The summed E-state index contributed by atoms with van der Waals surface area (Å²) >= 11 is 0. The molecule has 1 rings (SSSR count). The van der Waals surface area contributed by atoms with E-state index in [1.807, 2.05) is 0 Å². The number of nitrogens with one attached hydrogen (secondary N) is 1. The molecule has 0 aromatic heterocycles. The van der Waals surface area contributed by atoms with Crippen molar-refractivity contribution >= 4 is 5.91 Å². The van der Waals surface area contributed by atoms with Crippen LogP contribution in [0.15, 0.2) is 0 Å². The lowest BCUT2D eigenvalue weighted by atomic mass is 10.1. The Morgan fingerprint density at radius 1 is 1.43 bits per heavy atom. The molecule has 82 valence electrons. The number of hydrogen-bond donors (Lipinski definition) is 3. The van der Waals surface area contributed by atoms with Gasteiger partial charge in [0, 0.05) is 25.5 Å². The molecule has 1 aliphatic rings. The van der Waals surface area contributed by atoms with Crippen LogP contribution < -0.4 is 5.32 Å². The van der Waals surface area contributed by atoms with Gasteiger partial charge in [0.05, 0.1) is 6.10 Å². The summed E-state index contributed by atoms with van der Waals surface area (Å²) in [6.07, 6.45) is 3.56. The predicted octanol–water partition coefficient (Wildman–Crippen LogP) is 0.0361. The molecule has 0 bridgehead atoms. The van der Waals surface area contributed by atoms with Crippen molar-refractivity contribution in [1.29, 1.82) is 0 Å². The van der Waals surface area contributed by atoms with Gasteiger partial charge in [0.15, 0.2) is 0 Å². The SMILES string of the molecule is O=C(CCCO)NCC1CCCC1O. The largest absolute Gasteiger partial charge is 0.396 e. The number of aliphatic hydroxyl groups excluding tert-OH is 2. The number of aliphatic hydroxyl groups is 2. The van der Waals surface area contributed by atoms with Gasteiger partial charge in [-0.05, 0) is 19.3 Å². The lowest BCUT2D eigenvalue weighted by Crippen LogP contribution is -2.32. The number of hydrogen-bond acceptors (Lipinski definition) is 3. The van der Waals surface area contributed by atoms with Crippen LogP contribution in [0.3, 0.4) is 0 Å². The zero-order valence-electron chi connectivity index (χ0n) is 8.41. The highest BCUT2D eigenvalue weighted by molar-refractivity contribution is 5.75. The Balaban J connectivity index is 2.10. The molecule has 1 aliphatic carbocycles. The Labute approximate surface area is 84.3 Å². The minimum Gasteiger partial charge on any atom is -0.396 e. The standard InChI is InChI=1S/C10H19NO3/c12-6-2-5-10(14)11-7-8-3-1-4-9(8)13/h8-9,12-13H,1-7H2,(H,11,14). The molecule has 0 aromatic carbocycles. The lowest BCUT2D eigenvalue weighted by molar-refractivity contribution is -0.121. The molecule has 4 heteroatoms. The van der Waals surface area contributed by atoms with Gasteiger partial charge in [0.2, 0.25) is 5.91 Å². The van der Waals surface area contributed by atoms with Gasteiger partial charge in [-0.1, -0.05) is 6.42 Å². The van der Waals surface area contributed by atoms with Gasteiger partial charge >= 0.3 is 0 Å². The van der Waals surface area contributed by atoms with E-state index in [1.165, 1.54) is 0 Å². The molecule has 0 spiro atoms. The van der Waals surface area contributed by atoms with E-state index in [1.54, 1.807) is 0 Å². The average Bonchev–Trinajstić information content (AvgIpc) is 2.58. The van der Waals surface area contributed by atoms with Crippen molar-refractivity contribution in [1.82, 2.24) is 5.32 Å². The van der Waals surface area contributed by atoms with Crippen LogP contribution in [0, 0.1) is 5.92 Å². The molecule has 2 atom stereocenters. The fraction of sp³-hybridized carbons (Fsp3) is 0.900. The van der Waals surface area contributed by atoms with Crippen LogP contribution in [0.4, 0.5) is 0 Å². The fourth-order valence-electron chi connectivity index (χ4n) is 1.83. The Hall–Kier alpha value is -0.610. The number of carbonyl (C=O) groups is 1. The summed E-state index contributed by atoms with van der Waals surface area (Å²) in [5, 5.41) is 20.8. The van der Waals surface area contributed by atoms with E-state index < -0.39 is 0 Å². The van der Waals surface area contributed by atoms with E-state index in [0.29, 0.717) is 19.4 Å². The molecule has 1 fully saturated rings. The molecule has 1 saturated carbocycles. The van der Waals surface area contributed by atoms with E-state index >= 15 is 0 Å². The van der Waals surface area contributed by atoms with E-state index in [9.17, 15) is 9.90 Å². The zero-order valence-corrected chi connectivity index (χ0v) is 8.41. The predicted molar refractivity (Wildman–Crippen MR) is 52.7 cm³/mol. The summed E-state index contributed by atoms with van der Waals surface area (Å²) < 4.78 is 0.